The lowest BCUT2D eigenvalue weighted by Crippen LogP contribution is -2.59. The minimum Gasteiger partial charge on any atom is -0.372 e. The third kappa shape index (κ3) is 16.1. The van der Waals surface area contributed by atoms with Crippen LogP contribution in [0.25, 0.3) is 0 Å². The molecule has 3 heterocycles. The summed E-state index contributed by atoms with van der Waals surface area (Å²) in [5, 5.41) is 18.7. The fraction of sp³-hybridized carbons (Fsp3) is 0.422. The summed E-state index contributed by atoms with van der Waals surface area (Å²) in [6, 6.07) is 8.55. The monoisotopic (exact) mass is 1060 g/mol. The Kier molecular flexibility index (Phi) is 20.2. The van der Waals surface area contributed by atoms with Gasteiger partial charge in [-0.05, 0) is 42.0 Å². The van der Waals surface area contributed by atoms with Crippen molar-refractivity contribution in [2.75, 3.05) is 18.4 Å². The van der Waals surface area contributed by atoms with E-state index in [1.807, 2.05) is 19.2 Å². The van der Waals surface area contributed by atoms with Gasteiger partial charge in [0.05, 0.1) is 25.5 Å². The molecule has 1 fully saturated rings. The predicted octanol–water partition coefficient (Wildman–Crippen LogP) is 2.43. The normalized spacial score (nSPS) is 16.2. The maximum atomic E-state index is 14.7. The summed E-state index contributed by atoms with van der Waals surface area (Å²) in [4.78, 5) is 117. The molecule has 0 spiro atoms. The second-order valence-electron chi connectivity index (χ2n) is 16.9. The second-order valence-corrected chi connectivity index (χ2v) is 20.1. The highest BCUT2D eigenvalue weighted by Crippen LogP contribution is 2.26. The lowest BCUT2D eigenvalue weighted by Gasteiger charge is -2.33. The lowest BCUT2D eigenvalue weighted by atomic mass is 9.96. The standard InChI is InChI=1S/C45H52ClF2N11O11S2/c1-5-25(4)36(54-39(63)31(16-24(2)3)53-40(64)32-20-49-14-15-50-32)43(67)59-22-29(70-23-26-10-7-6-8-11-26)18-33(59)41(65)52-30(19-34(47)48)37(61)42(66)51-21-35(60)58-72(68,69)45-57-56-44(71-45)55-38(62)27-12-9-13-28(46)17-27/h6-15,17,20,24-25,29-31,33-34,36H,5,16,18-19,21-23H2,1-4H3,(H,51,66)(H,52,65)(H,53,64)(H,54,63)(H,58,60)(H,55,56,62)/t25-,29-,30+,31+,33+,36+/m1/s1. The van der Waals surface area contributed by atoms with Gasteiger partial charge in [0.2, 0.25) is 35.1 Å². The van der Waals surface area contributed by atoms with E-state index in [1.54, 1.807) is 48.9 Å². The van der Waals surface area contributed by atoms with Gasteiger partial charge in [0.15, 0.2) is 0 Å². The number of rotatable bonds is 24. The van der Waals surface area contributed by atoms with E-state index in [0.717, 1.165) is 10.5 Å². The first kappa shape index (κ1) is 56.0. The van der Waals surface area contributed by atoms with Crippen LogP contribution in [0.1, 0.15) is 79.8 Å². The summed E-state index contributed by atoms with van der Waals surface area (Å²) in [5.74, 6) is -9.39. The summed E-state index contributed by atoms with van der Waals surface area (Å²) in [7, 11) is -4.76. The average molecular weight is 1060 g/mol. The summed E-state index contributed by atoms with van der Waals surface area (Å²) in [5.41, 5.74) is 0.812. The number of carbonyl (C=O) groups is 8. The van der Waals surface area contributed by atoms with Gasteiger partial charge < -0.3 is 30.9 Å². The first-order valence-electron chi connectivity index (χ1n) is 22.3. The van der Waals surface area contributed by atoms with Gasteiger partial charge in [0.1, 0.15) is 29.9 Å². The van der Waals surface area contributed by atoms with Gasteiger partial charge in [-0.25, -0.2) is 18.5 Å². The van der Waals surface area contributed by atoms with Crippen molar-refractivity contribution >= 4 is 85.2 Å². The number of nitrogens with zero attached hydrogens (tertiary/aromatic N) is 5. The van der Waals surface area contributed by atoms with E-state index in [-0.39, 0.29) is 53.3 Å². The highest BCUT2D eigenvalue weighted by Gasteiger charge is 2.45. The van der Waals surface area contributed by atoms with Gasteiger partial charge in [-0.15, -0.1) is 10.2 Å². The average Bonchev–Trinajstić information content (AvgIpc) is 4.02. The number of hydrogen-bond acceptors (Lipinski definition) is 16. The fourth-order valence-corrected chi connectivity index (χ4v) is 9.22. The van der Waals surface area contributed by atoms with Crippen LogP contribution >= 0.6 is 22.9 Å². The smallest absolute Gasteiger partial charge is 0.293 e. The van der Waals surface area contributed by atoms with E-state index in [9.17, 15) is 55.6 Å². The zero-order chi connectivity index (χ0) is 52.7. The van der Waals surface area contributed by atoms with Crippen LogP contribution in [0, 0.1) is 11.8 Å². The van der Waals surface area contributed by atoms with Gasteiger partial charge in [-0.3, -0.25) is 48.7 Å². The number of ether oxygens (including phenoxy) is 1. The first-order chi connectivity index (χ1) is 34.1. The van der Waals surface area contributed by atoms with Gasteiger partial charge in [-0.1, -0.05) is 93.5 Å². The minimum atomic E-state index is -4.76. The van der Waals surface area contributed by atoms with Gasteiger partial charge in [0, 0.05) is 42.4 Å². The second kappa shape index (κ2) is 26.0. The van der Waals surface area contributed by atoms with E-state index in [0.29, 0.717) is 17.8 Å². The summed E-state index contributed by atoms with van der Waals surface area (Å²) in [6.45, 7) is 5.72. The Hall–Kier alpha value is -6.90. The number of hydrogen-bond donors (Lipinski definition) is 6. The van der Waals surface area contributed by atoms with Crippen molar-refractivity contribution in [1.29, 1.82) is 0 Å². The van der Waals surface area contributed by atoms with E-state index < -0.39 is 117 Å². The highest BCUT2D eigenvalue weighted by atomic mass is 35.5. The van der Waals surface area contributed by atoms with Crippen molar-refractivity contribution in [2.24, 2.45) is 11.8 Å². The molecule has 1 saturated heterocycles. The molecular formula is C45H52ClF2N11O11S2. The molecule has 27 heteroatoms. The summed E-state index contributed by atoms with van der Waals surface area (Å²) in [6.07, 6.45) is -1.32. The Morgan fingerprint density at radius 3 is 2.29 bits per heavy atom. The van der Waals surface area contributed by atoms with Crippen molar-refractivity contribution in [3.63, 3.8) is 0 Å². The van der Waals surface area contributed by atoms with Gasteiger partial charge >= 0.3 is 0 Å². The number of aromatic nitrogens is 4. The molecule has 4 aromatic rings. The third-order valence-corrected chi connectivity index (χ3v) is 13.8. The molecule has 1 aliphatic heterocycles. The number of amides is 7. The van der Waals surface area contributed by atoms with Crippen LogP contribution in [0.3, 0.4) is 0 Å². The van der Waals surface area contributed by atoms with Crippen LogP contribution in [0.5, 0.6) is 0 Å². The minimum absolute atomic E-state index is 0.0438. The molecule has 386 valence electrons. The number of nitrogens with one attached hydrogen (secondary N) is 6. The Bertz CT molecular complexity index is 2710. The van der Waals surface area contributed by atoms with E-state index in [1.165, 1.54) is 42.9 Å². The molecule has 5 rings (SSSR count). The summed E-state index contributed by atoms with van der Waals surface area (Å²) < 4.78 is 60.7. The number of halogens is 3. The SMILES string of the molecule is CC[C@@H](C)[C@H](NC(=O)[C@H](CC(C)C)NC(=O)c1cnccn1)C(=O)N1C[C@H](OCc2ccccc2)C[C@H]1C(=O)N[C@@H](CC(F)F)C(=O)C(=O)NCC(=O)NS(=O)(=O)c1nnc(NC(=O)c2cccc(Cl)c2)s1. The van der Waals surface area contributed by atoms with Crippen LogP contribution in [0.15, 0.2) is 77.5 Å². The quantitative estimate of drug-likeness (QED) is 0.0434. The molecule has 72 heavy (non-hydrogen) atoms. The van der Waals surface area contributed by atoms with Gasteiger partial charge in [-0.2, -0.15) is 8.42 Å². The first-order valence-corrected chi connectivity index (χ1v) is 25.0. The van der Waals surface area contributed by atoms with Crippen LogP contribution < -0.4 is 31.3 Å². The third-order valence-electron chi connectivity index (χ3n) is 11.0. The van der Waals surface area contributed by atoms with E-state index in [2.05, 4.69) is 41.4 Å². The van der Waals surface area contributed by atoms with Crippen molar-refractivity contribution < 1.29 is 60.3 Å². The number of Topliss-reactive ketones (excluding diaryl/α,β-unsaturated/α-hetero) is 1. The van der Waals surface area contributed by atoms with Crippen molar-refractivity contribution in [3.8, 4) is 0 Å². The number of carbonyl (C=O) groups excluding carboxylic acids is 8. The van der Waals surface area contributed by atoms with Crippen LogP contribution in [-0.2, 0) is 50.1 Å². The maximum absolute atomic E-state index is 14.7. The van der Waals surface area contributed by atoms with Crippen LogP contribution in [0.2, 0.25) is 5.02 Å². The largest absolute Gasteiger partial charge is 0.372 e. The molecule has 22 nitrogen and oxygen atoms in total. The van der Waals surface area contributed by atoms with E-state index in [4.69, 9.17) is 16.3 Å². The molecule has 7 amide bonds. The van der Waals surface area contributed by atoms with Gasteiger partial charge in [0.25, 0.3) is 38.0 Å². The molecular weight excluding hydrogens is 1010 g/mol. The number of sulfonamides is 1. The zero-order valence-corrected chi connectivity index (χ0v) is 41.6. The number of alkyl halides is 2. The Labute approximate surface area is 421 Å². The summed E-state index contributed by atoms with van der Waals surface area (Å²) >= 11 is 6.27. The molecule has 2 aromatic carbocycles. The van der Waals surface area contributed by atoms with Crippen LogP contribution in [-0.4, -0.2) is 130 Å². The Morgan fingerprint density at radius 1 is 0.903 bits per heavy atom. The lowest BCUT2D eigenvalue weighted by molar-refractivity contribution is -0.144. The van der Waals surface area contributed by atoms with Crippen molar-refractivity contribution in [1.82, 2.24) is 51.1 Å². The molecule has 0 unspecified atom stereocenters. The zero-order valence-electron chi connectivity index (χ0n) is 39.2. The molecule has 6 N–H and O–H groups in total. The Balaban J connectivity index is 1.28. The molecule has 6 atom stereocenters. The van der Waals surface area contributed by atoms with E-state index >= 15 is 0 Å². The highest BCUT2D eigenvalue weighted by molar-refractivity contribution is 7.92. The molecule has 0 aliphatic carbocycles. The topological polar surface area (TPSA) is 307 Å². The number of ketones is 1. The van der Waals surface area contributed by atoms with Crippen LogP contribution in [0.4, 0.5) is 13.9 Å². The Morgan fingerprint density at radius 2 is 1.64 bits per heavy atom. The molecule has 2 aromatic heterocycles. The molecule has 0 bridgehead atoms. The molecule has 0 radical (unpaired) electrons. The molecule has 0 saturated carbocycles. The predicted molar refractivity (Wildman–Crippen MR) is 254 cm³/mol. The van der Waals surface area contributed by atoms with Crippen molar-refractivity contribution in [2.45, 2.75) is 101 Å². The number of likely N-dealkylation sites (tertiary alicyclic amines) is 1. The fourth-order valence-electron chi connectivity index (χ4n) is 7.15. The molecule has 1 aliphatic rings. The van der Waals surface area contributed by atoms with Crippen molar-refractivity contribution in [3.05, 3.63) is 95.0 Å². The maximum Gasteiger partial charge on any atom is 0.293 e. The number of benzene rings is 2. The number of anilines is 1.